The maximum absolute atomic E-state index is 13.6. The molecule has 2 aliphatic rings. The summed E-state index contributed by atoms with van der Waals surface area (Å²) >= 11 is 7.66. The van der Waals surface area contributed by atoms with Gasteiger partial charge in [-0.1, -0.05) is 66.7 Å². The zero-order chi connectivity index (χ0) is 25.8. The molecule has 5 nitrogen and oxygen atoms in total. The summed E-state index contributed by atoms with van der Waals surface area (Å²) in [5, 5.41) is 3.74. The molecule has 0 aliphatic carbocycles. The Balaban J connectivity index is 1.31. The lowest BCUT2D eigenvalue weighted by atomic mass is 10.1. The molecule has 1 saturated heterocycles. The van der Waals surface area contributed by atoms with E-state index in [0.29, 0.717) is 34.6 Å². The van der Waals surface area contributed by atoms with Gasteiger partial charge in [0.05, 0.1) is 17.1 Å². The fourth-order valence-corrected chi connectivity index (χ4v) is 6.25. The molecular formula is C30H30ClN3O2S. The molecule has 3 aromatic rings. The molecule has 37 heavy (non-hydrogen) atoms. The number of rotatable bonds is 7. The Labute approximate surface area is 227 Å². The number of hydrogen-bond acceptors (Lipinski definition) is 4. The molecule has 0 radical (unpaired) electrons. The number of halogens is 1. The summed E-state index contributed by atoms with van der Waals surface area (Å²) in [6.45, 7) is 5.40. The number of thioether (sulfide) groups is 1. The van der Waals surface area contributed by atoms with Gasteiger partial charge in [0.1, 0.15) is 0 Å². The summed E-state index contributed by atoms with van der Waals surface area (Å²) in [6, 6.07) is 23.4. The van der Waals surface area contributed by atoms with E-state index in [-0.39, 0.29) is 11.8 Å². The normalized spacial score (nSPS) is 18.8. The number of likely N-dealkylation sites (tertiary alicyclic amines) is 1. The van der Waals surface area contributed by atoms with Crippen LogP contribution in [0.4, 0.5) is 5.69 Å². The van der Waals surface area contributed by atoms with Crippen molar-refractivity contribution in [2.24, 2.45) is 0 Å². The van der Waals surface area contributed by atoms with Crippen molar-refractivity contribution in [3.05, 3.63) is 99.4 Å². The Morgan fingerprint density at radius 3 is 2.70 bits per heavy atom. The van der Waals surface area contributed by atoms with Gasteiger partial charge in [-0.25, -0.2) is 0 Å². The second-order valence-electron chi connectivity index (χ2n) is 9.36. The summed E-state index contributed by atoms with van der Waals surface area (Å²) in [7, 11) is 0. The van der Waals surface area contributed by atoms with Crippen LogP contribution < -0.4 is 10.2 Å². The van der Waals surface area contributed by atoms with E-state index in [1.165, 1.54) is 18.2 Å². The number of carbonyl (C=O) groups excluding carboxylic acids is 2. The van der Waals surface area contributed by atoms with Crippen molar-refractivity contribution < 1.29 is 9.59 Å². The van der Waals surface area contributed by atoms with Crippen LogP contribution >= 0.6 is 23.4 Å². The lowest BCUT2D eigenvalue weighted by Gasteiger charge is -2.30. The number of para-hydroxylation sites is 1. The Bertz CT molecular complexity index is 1320. The van der Waals surface area contributed by atoms with Gasteiger partial charge in [-0.3, -0.25) is 14.5 Å². The summed E-state index contributed by atoms with van der Waals surface area (Å²) in [5.41, 5.74) is 3.36. The monoisotopic (exact) mass is 531 g/mol. The molecule has 3 aromatic carbocycles. The van der Waals surface area contributed by atoms with Gasteiger partial charge in [-0.2, -0.15) is 0 Å². The van der Waals surface area contributed by atoms with Crippen molar-refractivity contribution in [2.75, 3.05) is 24.5 Å². The first kappa shape index (κ1) is 25.6. The molecule has 7 heteroatoms. The van der Waals surface area contributed by atoms with Gasteiger partial charge >= 0.3 is 0 Å². The van der Waals surface area contributed by atoms with Crippen LogP contribution in [-0.4, -0.2) is 42.4 Å². The van der Waals surface area contributed by atoms with Crippen LogP contribution in [0.2, 0.25) is 5.02 Å². The fraction of sp³-hybridized carbons (Fsp3) is 0.267. The average Bonchev–Trinajstić information content (AvgIpc) is 3.38. The molecule has 2 amide bonds. The third kappa shape index (κ3) is 5.93. The molecular weight excluding hydrogens is 502 g/mol. The number of fused-ring (bicyclic) bond motifs is 1. The highest BCUT2D eigenvalue weighted by atomic mass is 35.5. The number of anilines is 1. The van der Waals surface area contributed by atoms with Gasteiger partial charge in [0.25, 0.3) is 11.8 Å². The lowest BCUT2D eigenvalue weighted by Crippen LogP contribution is -2.40. The van der Waals surface area contributed by atoms with E-state index in [1.54, 1.807) is 4.90 Å². The summed E-state index contributed by atoms with van der Waals surface area (Å²) < 4.78 is 0. The molecule has 0 spiro atoms. The van der Waals surface area contributed by atoms with Crippen molar-refractivity contribution in [1.29, 1.82) is 0 Å². The van der Waals surface area contributed by atoms with Crippen LogP contribution in [0.1, 0.15) is 41.3 Å². The first-order chi connectivity index (χ1) is 18.0. The smallest absolute Gasteiger partial charge is 0.265 e. The molecule has 1 atom stereocenters. The number of carbonyl (C=O) groups is 2. The van der Waals surface area contributed by atoms with Crippen molar-refractivity contribution in [3.63, 3.8) is 0 Å². The van der Waals surface area contributed by atoms with Crippen LogP contribution in [0.25, 0.3) is 6.08 Å². The molecule has 0 saturated carbocycles. The first-order valence-electron chi connectivity index (χ1n) is 12.7. The van der Waals surface area contributed by atoms with E-state index in [4.69, 9.17) is 11.6 Å². The minimum absolute atomic E-state index is 0.0532. The van der Waals surface area contributed by atoms with Crippen molar-refractivity contribution in [3.8, 4) is 0 Å². The second-order valence-corrected chi connectivity index (χ2v) is 10.9. The number of amides is 2. The zero-order valence-electron chi connectivity index (χ0n) is 20.8. The molecule has 2 aliphatic heterocycles. The largest absolute Gasteiger partial charge is 0.350 e. The maximum atomic E-state index is 13.6. The Kier molecular flexibility index (Phi) is 7.99. The van der Waals surface area contributed by atoms with E-state index in [9.17, 15) is 9.59 Å². The van der Waals surface area contributed by atoms with Gasteiger partial charge < -0.3 is 10.2 Å². The molecule has 1 unspecified atom stereocenters. The van der Waals surface area contributed by atoms with E-state index in [1.807, 2.05) is 78.9 Å². The molecule has 0 aromatic heterocycles. The Morgan fingerprint density at radius 1 is 1.11 bits per heavy atom. The number of nitrogens with zero attached hydrogens (tertiary/aromatic N) is 2. The Morgan fingerprint density at radius 2 is 1.92 bits per heavy atom. The highest BCUT2D eigenvalue weighted by Crippen LogP contribution is 2.42. The Hall–Kier alpha value is -3.06. The molecule has 190 valence electrons. The van der Waals surface area contributed by atoms with Crippen molar-refractivity contribution >= 4 is 46.9 Å². The van der Waals surface area contributed by atoms with Gasteiger partial charge in [-0.15, -0.1) is 0 Å². The van der Waals surface area contributed by atoms with Crippen molar-refractivity contribution in [1.82, 2.24) is 10.2 Å². The van der Waals surface area contributed by atoms with E-state index in [2.05, 4.69) is 17.1 Å². The zero-order valence-corrected chi connectivity index (χ0v) is 22.4. The fourth-order valence-electron chi connectivity index (χ4n) is 4.97. The predicted molar refractivity (Wildman–Crippen MR) is 152 cm³/mol. The van der Waals surface area contributed by atoms with Crippen LogP contribution in [0.15, 0.2) is 82.6 Å². The van der Waals surface area contributed by atoms with Gasteiger partial charge in [0, 0.05) is 28.1 Å². The van der Waals surface area contributed by atoms with Crippen LogP contribution in [0.3, 0.4) is 0 Å². The highest BCUT2D eigenvalue weighted by molar-refractivity contribution is 8.04. The number of nitrogens with one attached hydrogen (secondary N) is 1. The lowest BCUT2D eigenvalue weighted by molar-refractivity contribution is -0.114. The van der Waals surface area contributed by atoms with Gasteiger partial charge in [0.2, 0.25) is 0 Å². The van der Waals surface area contributed by atoms with E-state index in [0.717, 1.165) is 41.2 Å². The SMILES string of the molecule is CCN1CCCC1CNC(=O)c1ccc(/C=C2\Sc3ccccc3N(Cc3cccc(Cl)c3)C2=O)cc1. The minimum Gasteiger partial charge on any atom is -0.350 e. The van der Waals surface area contributed by atoms with E-state index >= 15 is 0 Å². The molecule has 0 bridgehead atoms. The summed E-state index contributed by atoms with van der Waals surface area (Å²) in [6.07, 6.45) is 4.21. The second kappa shape index (κ2) is 11.5. The number of likely N-dealkylation sites (N-methyl/N-ethyl adjacent to an activating group) is 1. The third-order valence-electron chi connectivity index (χ3n) is 6.94. The quantitative estimate of drug-likeness (QED) is 0.367. The maximum Gasteiger partial charge on any atom is 0.265 e. The third-order valence-corrected chi connectivity index (χ3v) is 8.25. The first-order valence-corrected chi connectivity index (χ1v) is 13.9. The standard InChI is InChI=1S/C30H30ClN3O2S/c1-2-33-16-6-9-25(33)19-32-29(35)23-14-12-21(13-15-23)18-28-30(36)34(20-22-7-5-8-24(31)17-22)26-10-3-4-11-27(26)37-28/h3-5,7-8,10-15,17-18,25H,2,6,9,16,19-20H2,1H3,(H,32,35)/b28-18-. The van der Waals surface area contributed by atoms with Crippen LogP contribution in [-0.2, 0) is 11.3 Å². The van der Waals surface area contributed by atoms with Crippen LogP contribution in [0, 0.1) is 0 Å². The number of hydrogen-bond donors (Lipinski definition) is 1. The molecule has 1 fully saturated rings. The predicted octanol–water partition coefficient (Wildman–Crippen LogP) is 6.23. The minimum atomic E-state index is -0.0631. The highest BCUT2D eigenvalue weighted by Gasteiger charge is 2.29. The topological polar surface area (TPSA) is 52.7 Å². The average molecular weight is 532 g/mol. The molecule has 1 N–H and O–H groups in total. The molecule has 5 rings (SSSR count). The van der Waals surface area contributed by atoms with Crippen LogP contribution in [0.5, 0.6) is 0 Å². The van der Waals surface area contributed by atoms with Crippen molar-refractivity contribution in [2.45, 2.75) is 37.2 Å². The summed E-state index contributed by atoms with van der Waals surface area (Å²) in [4.78, 5) is 32.1. The number of benzene rings is 3. The van der Waals surface area contributed by atoms with Gasteiger partial charge in [0.15, 0.2) is 0 Å². The van der Waals surface area contributed by atoms with Gasteiger partial charge in [-0.05, 0) is 79.5 Å². The summed E-state index contributed by atoms with van der Waals surface area (Å²) in [5.74, 6) is -0.116. The van der Waals surface area contributed by atoms with E-state index < -0.39 is 0 Å². The molecule has 2 heterocycles.